The van der Waals surface area contributed by atoms with Crippen molar-refractivity contribution >= 4 is 21.7 Å². The summed E-state index contributed by atoms with van der Waals surface area (Å²) in [6, 6.07) is 2.08. The van der Waals surface area contributed by atoms with Gasteiger partial charge in [-0.1, -0.05) is 13.8 Å². The number of pyridine rings is 1. The van der Waals surface area contributed by atoms with Gasteiger partial charge < -0.3 is 10.2 Å². The fourth-order valence-corrected chi connectivity index (χ4v) is 2.04. The van der Waals surface area contributed by atoms with Gasteiger partial charge in [-0.25, -0.2) is 4.98 Å². The van der Waals surface area contributed by atoms with E-state index in [4.69, 9.17) is 0 Å². The second kappa shape index (κ2) is 6.86. The molecule has 0 radical (unpaired) electrons. The molecule has 1 rings (SSSR count). The Morgan fingerprint density at radius 3 is 2.62 bits per heavy atom. The third-order valence-corrected chi connectivity index (χ3v) is 3.09. The fourth-order valence-electron chi connectivity index (χ4n) is 1.60. The van der Waals surface area contributed by atoms with E-state index in [1.54, 1.807) is 0 Å². The minimum atomic E-state index is 0.942. The first kappa shape index (κ1) is 13.5. The Morgan fingerprint density at radius 2 is 2.06 bits per heavy atom. The molecule has 1 N–H and O–H groups in total. The molecule has 0 fully saturated rings. The average Bonchev–Trinajstić information content (AvgIpc) is 2.27. The molecule has 1 aromatic heterocycles. The van der Waals surface area contributed by atoms with E-state index < -0.39 is 0 Å². The summed E-state index contributed by atoms with van der Waals surface area (Å²) in [4.78, 5) is 6.74. The summed E-state index contributed by atoms with van der Waals surface area (Å²) in [6.07, 6.45) is 1.83. The highest BCUT2D eigenvalue weighted by atomic mass is 79.9. The normalized spacial score (nSPS) is 10.8. The van der Waals surface area contributed by atoms with E-state index in [2.05, 4.69) is 58.0 Å². The lowest BCUT2D eigenvalue weighted by molar-refractivity contribution is 0.316. The SMILES string of the molecule is CCN(CC)CCNc1ncc(Br)cc1C. The molecule has 16 heavy (non-hydrogen) atoms. The highest BCUT2D eigenvalue weighted by Crippen LogP contribution is 2.16. The van der Waals surface area contributed by atoms with Gasteiger partial charge in [-0.05, 0) is 47.6 Å². The molecule has 0 aliphatic carbocycles. The van der Waals surface area contributed by atoms with Gasteiger partial charge in [0.25, 0.3) is 0 Å². The molecule has 1 heterocycles. The van der Waals surface area contributed by atoms with Gasteiger partial charge in [0, 0.05) is 23.8 Å². The van der Waals surface area contributed by atoms with Crippen LogP contribution in [0.2, 0.25) is 0 Å². The average molecular weight is 286 g/mol. The van der Waals surface area contributed by atoms with Crippen LogP contribution in [-0.4, -0.2) is 36.1 Å². The van der Waals surface area contributed by atoms with Crippen molar-refractivity contribution in [2.75, 3.05) is 31.5 Å². The van der Waals surface area contributed by atoms with Crippen molar-refractivity contribution in [3.8, 4) is 0 Å². The molecule has 4 heteroatoms. The van der Waals surface area contributed by atoms with E-state index in [-0.39, 0.29) is 0 Å². The maximum absolute atomic E-state index is 4.35. The monoisotopic (exact) mass is 285 g/mol. The highest BCUT2D eigenvalue weighted by molar-refractivity contribution is 9.10. The van der Waals surface area contributed by atoms with E-state index in [9.17, 15) is 0 Å². The molecule has 0 aromatic carbocycles. The molecule has 0 unspecified atom stereocenters. The van der Waals surface area contributed by atoms with Crippen LogP contribution in [0.5, 0.6) is 0 Å². The van der Waals surface area contributed by atoms with E-state index in [0.717, 1.165) is 36.5 Å². The zero-order valence-electron chi connectivity index (χ0n) is 10.3. The first-order valence-corrected chi connectivity index (χ1v) is 6.55. The van der Waals surface area contributed by atoms with Gasteiger partial charge >= 0.3 is 0 Å². The minimum absolute atomic E-state index is 0.942. The number of aryl methyl sites for hydroxylation is 1. The molecule has 0 bridgehead atoms. The van der Waals surface area contributed by atoms with Crippen molar-refractivity contribution in [1.29, 1.82) is 0 Å². The van der Waals surface area contributed by atoms with Crippen LogP contribution >= 0.6 is 15.9 Å². The smallest absolute Gasteiger partial charge is 0.128 e. The van der Waals surface area contributed by atoms with Crippen molar-refractivity contribution in [3.63, 3.8) is 0 Å². The van der Waals surface area contributed by atoms with Crippen LogP contribution in [-0.2, 0) is 0 Å². The Hall–Kier alpha value is -0.610. The van der Waals surface area contributed by atoms with Crippen molar-refractivity contribution in [2.45, 2.75) is 20.8 Å². The Balaban J connectivity index is 2.42. The summed E-state index contributed by atoms with van der Waals surface area (Å²) in [5, 5.41) is 3.37. The number of halogens is 1. The Labute approximate surface area is 106 Å². The summed E-state index contributed by atoms with van der Waals surface area (Å²) in [6.45, 7) is 10.6. The standard InChI is InChI=1S/C12H20BrN3/c1-4-16(5-2)7-6-14-12-10(3)8-11(13)9-15-12/h8-9H,4-7H2,1-3H3,(H,14,15). The van der Waals surface area contributed by atoms with Crippen molar-refractivity contribution in [1.82, 2.24) is 9.88 Å². The third-order valence-electron chi connectivity index (χ3n) is 2.66. The molecular formula is C12H20BrN3. The van der Waals surface area contributed by atoms with Crippen molar-refractivity contribution in [3.05, 3.63) is 22.3 Å². The second-order valence-electron chi connectivity index (χ2n) is 3.77. The molecule has 0 aliphatic rings. The topological polar surface area (TPSA) is 28.2 Å². The Kier molecular flexibility index (Phi) is 5.77. The molecule has 3 nitrogen and oxygen atoms in total. The predicted octanol–water partition coefficient (Wildman–Crippen LogP) is 2.91. The number of aromatic nitrogens is 1. The van der Waals surface area contributed by atoms with Gasteiger partial charge in [0.1, 0.15) is 5.82 Å². The lowest BCUT2D eigenvalue weighted by Crippen LogP contribution is -2.28. The molecular weight excluding hydrogens is 266 g/mol. The minimum Gasteiger partial charge on any atom is -0.369 e. The van der Waals surface area contributed by atoms with Crippen LogP contribution in [0.4, 0.5) is 5.82 Å². The van der Waals surface area contributed by atoms with Gasteiger partial charge in [-0.2, -0.15) is 0 Å². The lowest BCUT2D eigenvalue weighted by Gasteiger charge is -2.18. The quantitative estimate of drug-likeness (QED) is 0.871. The second-order valence-corrected chi connectivity index (χ2v) is 4.69. The largest absolute Gasteiger partial charge is 0.369 e. The zero-order valence-corrected chi connectivity index (χ0v) is 11.8. The first-order valence-electron chi connectivity index (χ1n) is 5.75. The summed E-state index contributed by atoms with van der Waals surface area (Å²) in [5.74, 6) is 0.982. The summed E-state index contributed by atoms with van der Waals surface area (Å²) >= 11 is 3.41. The van der Waals surface area contributed by atoms with Gasteiger partial charge in [0.2, 0.25) is 0 Å². The van der Waals surface area contributed by atoms with Crippen LogP contribution in [0.1, 0.15) is 19.4 Å². The molecule has 90 valence electrons. The number of nitrogens with one attached hydrogen (secondary N) is 1. The molecule has 0 saturated carbocycles. The van der Waals surface area contributed by atoms with E-state index in [0.29, 0.717) is 0 Å². The molecule has 0 saturated heterocycles. The van der Waals surface area contributed by atoms with Crippen LogP contribution in [0.15, 0.2) is 16.7 Å². The number of rotatable bonds is 6. The predicted molar refractivity (Wildman–Crippen MR) is 73.0 cm³/mol. The van der Waals surface area contributed by atoms with Gasteiger partial charge in [-0.15, -0.1) is 0 Å². The Morgan fingerprint density at radius 1 is 1.38 bits per heavy atom. The van der Waals surface area contributed by atoms with Crippen molar-refractivity contribution in [2.24, 2.45) is 0 Å². The zero-order chi connectivity index (χ0) is 12.0. The lowest BCUT2D eigenvalue weighted by atomic mass is 10.3. The van der Waals surface area contributed by atoms with Gasteiger partial charge in [-0.3, -0.25) is 0 Å². The van der Waals surface area contributed by atoms with Gasteiger partial charge in [0.05, 0.1) is 0 Å². The molecule has 0 amide bonds. The number of anilines is 1. The summed E-state index contributed by atoms with van der Waals surface area (Å²) in [5.41, 5.74) is 1.17. The molecule has 0 atom stereocenters. The number of hydrogen-bond donors (Lipinski definition) is 1. The van der Waals surface area contributed by atoms with Crippen LogP contribution in [0.25, 0.3) is 0 Å². The van der Waals surface area contributed by atoms with E-state index >= 15 is 0 Å². The summed E-state index contributed by atoms with van der Waals surface area (Å²) in [7, 11) is 0. The third kappa shape index (κ3) is 4.10. The number of nitrogens with zero attached hydrogens (tertiary/aromatic N) is 2. The number of likely N-dealkylation sites (N-methyl/N-ethyl adjacent to an activating group) is 1. The molecule has 1 aromatic rings. The van der Waals surface area contributed by atoms with Gasteiger partial charge in [0.15, 0.2) is 0 Å². The maximum Gasteiger partial charge on any atom is 0.128 e. The highest BCUT2D eigenvalue weighted by Gasteiger charge is 2.01. The summed E-state index contributed by atoms with van der Waals surface area (Å²) < 4.78 is 1.03. The van der Waals surface area contributed by atoms with Crippen LogP contribution < -0.4 is 5.32 Å². The molecule has 0 aliphatic heterocycles. The molecule has 0 spiro atoms. The number of hydrogen-bond acceptors (Lipinski definition) is 3. The van der Waals surface area contributed by atoms with Crippen LogP contribution in [0.3, 0.4) is 0 Å². The van der Waals surface area contributed by atoms with E-state index in [1.807, 2.05) is 6.20 Å². The van der Waals surface area contributed by atoms with Crippen LogP contribution in [0, 0.1) is 6.92 Å². The Bertz CT molecular complexity index is 324. The van der Waals surface area contributed by atoms with E-state index in [1.165, 1.54) is 5.56 Å². The fraction of sp³-hybridized carbons (Fsp3) is 0.583. The maximum atomic E-state index is 4.35. The van der Waals surface area contributed by atoms with Crippen molar-refractivity contribution < 1.29 is 0 Å². The first-order chi connectivity index (χ1) is 7.67.